The van der Waals surface area contributed by atoms with Crippen LogP contribution in [0.2, 0.25) is 0 Å². The first-order valence-corrected chi connectivity index (χ1v) is 16.0. The summed E-state index contributed by atoms with van der Waals surface area (Å²) in [6.07, 6.45) is 7.83. The minimum atomic E-state index is -0.130. The standard InChI is InChI=1S/C28H38N2O2.C12H10O2.Co/c1-27(2,3)21-13-9-11-19(25(21)31)17-29-23-15-7-8-16-24(23)30-18-20-12-10-14-22(26(20)32)28(4,5)6;13-10-6-8-12(9-7-10)14-11-4-2-1-3-5-11;/h9-14,17-18,23-24,31-32H,7-8,15-16H2,1-6H3;1-9,13H;/p-1/t23-,24-;;/m1../s1. The fraction of sp³-hybridized carbons (Fsp3) is 0.350. The van der Waals surface area contributed by atoms with E-state index in [0.29, 0.717) is 17.2 Å². The average Bonchev–Trinajstić information content (AvgIpc) is 3.01. The van der Waals surface area contributed by atoms with Crippen LogP contribution in [0.1, 0.15) is 89.5 Å². The fourth-order valence-electron chi connectivity index (χ4n) is 5.47. The van der Waals surface area contributed by atoms with Crippen molar-refractivity contribution in [1.29, 1.82) is 0 Å². The van der Waals surface area contributed by atoms with E-state index in [2.05, 4.69) is 41.5 Å². The molecular formula is C40H47CoN2O4-. The molecule has 0 amide bonds. The molecule has 2 N–H and O–H groups in total. The molecule has 0 aromatic heterocycles. The molecular weight excluding hydrogens is 631 g/mol. The Bertz CT molecular complexity index is 1540. The third-order valence-corrected chi connectivity index (χ3v) is 8.06. The second-order valence-electron chi connectivity index (χ2n) is 13.8. The summed E-state index contributed by atoms with van der Waals surface area (Å²) in [6.45, 7) is 12.6. The number of hydrogen-bond donors (Lipinski definition) is 2. The molecule has 2 atom stereocenters. The zero-order chi connectivity index (χ0) is 33.3. The predicted molar refractivity (Wildman–Crippen MR) is 187 cm³/mol. The Morgan fingerprint density at radius 3 is 1.47 bits per heavy atom. The molecule has 1 aliphatic rings. The van der Waals surface area contributed by atoms with Gasteiger partial charge in [-0.05, 0) is 71.2 Å². The molecule has 1 radical (unpaired) electrons. The number of hydrogen-bond acceptors (Lipinski definition) is 6. The van der Waals surface area contributed by atoms with Gasteiger partial charge in [-0.3, -0.25) is 9.98 Å². The van der Waals surface area contributed by atoms with E-state index < -0.39 is 0 Å². The van der Waals surface area contributed by atoms with Crippen molar-refractivity contribution < 1.29 is 36.8 Å². The second kappa shape index (κ2) is 16.7. The van der Waals surface area contributed by atoms with E-state index in [1.165, 1.54) is 12.1 Å². The van der Waals surface area contributed by atoms with Crippen LogP contribution in [0.15, 0.2) is 101 Å². The number of benzene rings is 4. The zero-order valence-electron chi connectivity index (χ0n) is 28.2. The van der Waals surface area contributed by atoms with E-state index in [9.17, 15) is 15.3 Å². The molecule has 6 nitrogen and oxygen atoms in total. The van der Waals surface area contributed by atoms with Gasteiger partial charge in [0.25, 0.3) is 0 Å². The normalized spacial score (nSPS) is 16.7. The van der Waals surface area contributed by atoms with E-state index in [4.69, 9.17) is 14.7 Å². The van der Waals surface area contributed by atoms with Gasteiger partial charge in [0.05, 0.1) is 12.1 Å². The van der Waals surface area contributed by atoms with Crippen LogP contribution < -0.4 is 9.84 Å². The van der Waals surface area contributed by atoms with Gasteiger partial charge in [0.2, 0.25) is 0 Å². The van der Waals surface area contributed by atoms with Crippen molar-refractivity contribution in [3.05, 3.63) is 113 Å². The predicted octanol–water partition coefficient (Wildman–Crippen LogP) is 9.09. The van der Waals surface area contributed by atoms with Gasteiger partial charge in [-0.25, -0.2) is 0 Å². The summed E-state index contributed by atoms with van der Waals surface area (Å²) in [6, 6.07) is 27.6. The largest absolute Gasteiger partial charge is 0.872 e. The summed E-state index contributed by atoms with van der Waals surface area (Å²) in [5, 5.41) is 32.3. The fourth-order valence-corrected chi connectivity index (χ4v) is 5.47. The number of nitrogens with zero attached hydrogens (tertiary/aromatic N) is 2. The van der Waals surface area contributed by atoms with Crippen LogP contribution in [0.25, 0.3) is 0 Å². The Balaban J connectivity index is 0.000000333. The van der Waals surface area contributed by atoms with E-state index in [1.807, 2.05) is 66.7 Å². The Labute approximate surface area is 290 Å². The first-order valence-electron chi connectivity index (χ1n) is 16.0. The topological polar surface area (TPSA) is 97.5 Å². The van der Waals surface area contributed by atoms with Crippen molar-refractivity contribution in [3.63, 3.8) is 0 Å². The summed E-state index contributed by atoms with van der Waals surface area (Å²) < 4.78 is 5.49. The third kappa shape index (κ3) is 10.7. The molecule has 0 bridgehead atoms. The van der Waals surface area contributed by atoms with Gasteiger partial charge in [0, 0.05) is 40.3 Å². The molecule has 7 heteroatoms. The molecule has 4 aromatic rings. The number of para-hydroxylation sites is 3. The Hall–Kier alpha value is -4.07. The summed E-state index contributed by atoms with van der Waals surface area (Å²) in [5.41, 5.74) is 3.09. The molecule has 251 valence electrons. The zero-order valence-corrected chi connectivity index (χ0v) is 29.3. The van der Waals surface area contributed by atoms with Gasteiger partial charge in [-0.2, -0.15) is 0 Å². The van der Waals surface area contributed by atoms with E-state index in [-0.39, 0.29) is 45.4 Å². The number of phenols is 2. The van der Waals surface area contributed by atoms with Crippen molar-refractivity contribution in [1.82, 2.24) is 0 Å². The van der Waals surface area contributed by atoms with Gasteiger partial charge in [-0.15, -0.1) is 5.75 Å². The molecule has 5 rings (SSSR count). The van der Waals surface area contributed by atoms with Crippen LogP contribution in [0.3, 0.4) is 0 Å². The first kappa shape index (κ1) is 37.4. The number of aromatic hydroxyl groups is 2. The quantitative estimate of drug-likeness (QED) is 0.199. The molecule has 0 saturated heterocycles. The molecule has 0 aliphatic heterocycles. The summed E-state index contributed by atoms with van der Waals surface area (Å²) in [4.78, 5) is 9.70. The maximum atomic E-state index is 10.8. The van der Waals surface area contributed by atoms with Gasteiger partial charge in [0.1, 0.15) is 23.0 Å². The number of aliphatic imine (C=N–C) groups is 2. The van der Waals surface area contributed by atoms with Crippen LogP contribution in [0, 0.1) is 0 Å². The van der Waals surface area contributed by atoms with E-state index >= 15 is 0 Å². The smallest absolute Gasteiger partial charge is 0.128 e. The maximum Gasteiger partial charge on any atom is 0.128 e. The van der Waals surface area contributed by atoms with E-state index in [1.54, 1.807) is 24.6 Å². The van der Waals surface area contributed by atoms with E-state index in [0.717, 1.165) is 53.7 Å². The van der Waals surface area contributed by atoms with Gasteiger partial charge < -0.3 is 20.1 Å². The summed E-state index contributed by atoms with van der Waals surface area (Å²) in [5.74, 6) is 2.06. The molecule has 1 fully saturated rings. The monoisotopic (exact) mass is 678 g/mol. The number of ether oxygens (including phenoxy) is 1. The molecule has 1 saturated carbocycles. The van der Waals surface area contributed by atoms with Crippen LogP contribution in [-0.4, -0.2) is 34.7 Å². The summed E-state index contributed by atoms with van der Waals surface area (Å²) in [7, 11) is 0. The SMILES string of the molecule is CC(C)(C)c1cccc(C=N[C@@H]2CCCC[C@H]2N=Cc2cccc(C(C)(C)C)c2O)c1O.[Co].[O-]c1ccc(Oc2ccccc2)cc1. The van der Waals surface area contributed by atoms with Crippen LogP contribution in [0.4, 0.5) is 0 Å². The van der Waals surface area contributed by atoms with Crippen LogP contribution >= 0.6 is 0 Å². The molecule has 0 unspecified atom stereocenters. The molecule has 0 spiro atoms. The molecule has 4 aromatic carbocycles. The molecule has 47 heavy (non-hydrogen) atoms. The minimum absolute atomic E-state index is 0. The van der Waals surface area contributed by atoms with Gasteiger partial charge in [-0.1, -0.05) is 109 Å². The van der Waals surface area contributed by atoms with Crippen LogP contribution in [-0.2, 0) is 27.6 Å². The second-order valence-corrected chi connectivity index (χ2v) is 13.8. The van der Waals surface area contributed by atoms with Gasteiger partial charge in [0.15, 0.2) is 0 Å². The first-order chi connectivity index (χ1) is 21.8. The molecule has 0 heterocycles. The van der Waals surface area contributed by atoms with Crippen molar-refractivity contribution in [2.45, 2.75) is 90.1 Å². The molecule has 1 aliphatic carbocycles. The van der Waals surface area contributed by atoms with Crippen molar-refractivity contribution in [3.8, 4) is 28.7 Å². The Kier molecular flexibility index (Phi) is 13.3. The van der Waals surface area contributed by atoms with Crippen LogP contribution in [0.5, 0.6) is 28.7 Å². The number of rotatable bonds is 6. The average molecular weight is 679 g/mol. The minimum Gasteiger partial charge on any atom is -0.872 e. The number of phenolic OH excluding ortho intramolecular Hbond substituents is 2. The van der Waals surface area contributed by atoms with Crippen molar-refractivity contribution in [2.75, 3.05) is 0 Å². The van der Waals surface area contributed by atoms with Crippen molar-refractivity contribution >= 4 is 12.4 Å². The third-order valence-electron chi connectivity index (χ3n) is 8.06. The Morgan fingerprint density at radius 1 is 0.617 bits per heavy atom. The Morgan fingerprint density at radius 2 is 1.04 bits per heavy atom. The van der Waals surface area contributed by atoms with Crippen molar-refractivity contribution in [2.24, 2.45) is 9.98 Å². The summed E-state index contributed by atoms with van der Waals surface area (Å²) >= 11 is 0. The van der Waals surface area contributed by atoms with Gasteiger partial charge >= 0.3 is 0 Å². The maximum absolute atomic E-state index is 10.8.